The van der Waals surface area contributed by atoms with E-state index in [-0.39, 0.29) is 5.91 Å². The maximum atomic E-state index is 12.5. The first-order valence-corrected chi connectivity index (χ1v) is 9.66. The molecule has 0 saturated heterocycles. The molecule has 0 radical (unpaired) electrons. The van der Waals surface area contributed by atoms with Crippen LogP contribution >= 0.6 is 11.6 Å². The average Bonchev–Trinajstić information content (AvgIpc) is 2.69. The maximum Gasteiger partial charge on any atom is 0.270 e. The van der Waals surface area contributed by atoms with Gasteiger partial charge in [0.15, 0.2) is 0 Å². The minimum Gasteiger partial charge on any atom is -0.350 e. The Balaban J connectivity index is 1.66. The Kier molecular flexibility index (Phi) is 6.61. The topological polar surface area (TPSA) is 66.9 Å². The lowest BCUT2D eigenvalue weighted by Gasteiger charge is -2.11. The van der Waals surface area contributed by atoms with E-state index in [0.717, 1.165) is 29.8 Å². The summed E-state index contributed by atoms with van der Waals surface area (Å²) in [4.78, 5) is 21.3. The number of amides is 1. The summed E-state index contributed by atoms with van der Waals surface area (Å²) in [5.74, 6) is 0.204. The van der Waals surface area contributed by atoms with E-state index in [0.29, 0.717) is 23.2 Å². The highest BCUT2D eigenvalue weighted by atomic mass is 35.5. The Morgan fingerprint density at radius 2 is 1.82 bits per heavy atom. The Labute approximate surface area is 170 Å². The Hall–Kier alpha value is -2.92. The molecule has 28 heavy (non-hydrogen) atoms. The molecule has 0 aliphatic rings. The van der Waals surface area contributed by atoms with Crippen LogP contribution in [0.2, 0.25) is 5.02 Å². The molecule has 0 bridgehead atoms. The first kappa shape index (κ1) is 19.8. The minimum atomic E-state index is -0.216. The third-order valence-electron chi connectivity index (χ3n) is 4.34. The van der Waals surface area contributed by atoms with E-state index in [4.69, 9.17) is 11.6 Å². The molecule has 0 unspecified atom stereocenters. The van der Waals surface area contributed by atoms with Crippen LogP contribution in [0.5, 0.6) is 0 Å². The minimum absolute atomic E-state index is 0.216. The van der Waals surface area contributed by atoms with Crippen molar-refractivity contribution in [2.45, 2.75) is 26.7 Å². The molecule has 0 spiro atoms. The summed E-state index contributed by atoms with van der Waals surface area (Å²) in [5, 5.41) is 6.85. The van der Waals surface area contributed by atoms with Crippen molar-refractivity contribution >= 4 is 29.1 Å². The van der Waals surface area contributed by atoms with Crippen molar-refractivity contribution < 1.29 is 4.79 Å². The van der Waals surface area contributed by atoms with Crippen LogP contribution in [0.1, 0.15) is 34.2 Å². The van der Waals surface area contributed by atoms with Crippen LogP contribution in [0.15, 0.2) is 54.6 Å². The molecule has 0 atom stereocenters. The van der Waals surface area contributed by atoms with Crippen molar-refractivity contribution in [1.82, 2.24) is 15.3 Å². The number of hydrogen-bond acceptors (Lipinski definition) is 4. The molecule has 3 aromatic rings. The molecule has 5 nitrogen and oxygen atoms in total. The van der Waals surface area contributed by atoms with Crippen molar-refractivity contribution in [2.75, 3.05) is 11.9 Å². The Morgan fingerprint density at radius 3 is 2.57 bits per heavy atom. The van der Waals surface area contributed by atoms with Crippen molar-refractivity contribution in [3.05, 3.63) is 82.1 Å². The number of nitrogens with zero attached hydrogens (tertiary/aromatic N) is 2. The number of anilines is 2. The summed E-state index contributed by atoms with van der Waals surface area (Å²) < 4.78 is 0. The van der Waals surface area contributed by atoms with E-state index in [1.807, 2.05) is 49.4 Å². The number of benzene rings is 2. The molecule has 0 aliphatic carbocycles. The van der Waals surface area contributed by atoms with Gasteiger partial charge in [-0.25, -0.2) is 9.97 Å². The lowest BCUT2D eigenvalue weighted by molar-refractivity contribution is 0.0949. The van der Waals surface area contributed by atoms with Gasteiger partial charge in [-0.15, -0.1) is 0 Å². The van der Waals surface area contributed by atoms with E-state index in [9.17, 15) is 4.79 Å². The van der Waals surface area contributed by atoms with Gasteiger partial charge >= 0.3 is 0 Å². The van der Waals surface area contributed by atoms with Crippen LogP contribution in [0.3, 0.4) is 0 Å². The Bertz CT molecular complexity index is 957. The van der Waals surface area contributed by atoms with Crippen molar-refractivity contribution in [2.24, 2.45) is 0 Å². The lowest BCUT2D eigenvalue weighted by Crippen LogP contribution is -2.27. The van der Waals surface area contributed by atoms with Crippen LogP contribution in [0, 0.1) is 6.92 Å². The second kappa shape index (κ2) is 9.33. The normalized spacial score (nSPS) is 10.5. The standard InChI is InChI=1S/C22H23ClN4O/c1-3-17-6-4-5-7-19(17)26-22-25-15(2)14-20(27-22)21(28)24-13-12-16-8-10-18(23)11-9-16/h4-11,14H,3,12-13H2,1-2H3,(H,24,28)(H,25,26,27). The van der Waals surface area contributed by atoms with Gasteiger partial charge in [-0.3, -0.25) is 4.79 Å². The van der Waals surface area contributed by atoms with Gasteiger partial charge in [0.1, 0.15) is 5.69 Å². The van der Waals surface area contributed by atoms with Crippen molar-refractivity contribution in [3.63, 3.8) is 0 Å². The fraction of sp³-hybridized carbons (Fsp3) is 0.227. The predicted octanol–water partition coefficient (Wildman–Crippen LogP) is 4.72. The molecular formula is C22H23ClN4O. The zero-order valence-electron chi connectivity index (χ0n) is 16.0. The van der Waals surface area contributed by atoms with Crippen molar-refractivity contribution in [3.8, 4) is 0 Å². The fourth-order valence-electron chi connectivity index (χ4n) is 2.87. The van der Waals surface area contributed by atoms with Crippen LogP contribution < -0.4 is 10.6 Å². The summed E-state index contributed by atoms with van der Waals surface area (Å²) in [6.45, 7) is 4.46. The number of halogens is 1. The second-order valence-corrected chi connectivity index (χ2v) is 6.92. The van der Waals surface area contributed by atoms with Gasteiger partial charge < -0.3 is 10.6 Å². The molecule has 1 amide bonds. The number of carbonyl (C=O) groups is 1. The van der Waals surface area contributed by atoms with E-state index in [1.165, 1.54) is 5.56 Å². The van der Waals surface area contributed by atoms with E-state index < -0.39 is 0 Å². The van der Waals surface area contributed by atoms with Crippen LogP contribution in [0.25, 0.3) is 0 Å². The fourth-order valence-corrected chi connectivity index (χ4v) is 3.00. The number of hydrogen-bond donors (Lipinski definition) is 2. The van der Waals surface area contributed by atoms with Gasteiger partial charge in [0.25, 0.3) is 5.91 Å². The molecule has 0 saturated carbocycles. The summed E-state index contributed by atoms with van der Waals surface area (Å²) in [7, 11) is 0. The number of aryl methyl sites for hydroxylation is 2. The zero-order chi connectivity index (χ0) is 19.9. The SMILES string of the molecule is CCc1ccccc1Nc1nc(C)cc(C(=O)NCCc2ccc(Cl)cc2)n1. The van der Waals surface area contributed by atoms with Gasteiger partial charge in [-0.2, -0.15) is 0 Å². The second-order valence-electron chi connectivity index (χ2n) is 6.49. The monoisotopic (exact) mass is 394 g/mol. The van der Waals surface area contributed by atoms with Crippen LogP contribution in [-0.2, 0) is 12.8 Å². The molecule has 2 aromatic carbocycles. The molecule has 1 aromatic heterocycles. The van der Waals surface area contributed by atoms with Gasteiger partial charge in [0.2, 0.25) is 5.95 Å². The van der Waals surface area contributed by atoms with Gasteiger partial charge in [-0.05, 0) is 55.2 Å². The van der Waals surface area contributed by atoms with Crippen molar-refractivity contribution in [1.29, 1.82) is 0 Å². The highest BCUT2D eigenvalue weighted by molar-refractivity contribution is 6.30. The third kappa shape index (κ3) is 5.30. The van der Waals surface area contributed by atoms with Crippen LogP contribution in [0.4, 0.5) is 11.6 Å². The molecule has 6 heteroatoms. The molecular weight excluding hydrogens is 372 g/mol. The predicted molar refractivity (Wildman–Crippen MR) is 113 cm³/mol. The maximum absolute atomic E-state index is 12.5. The zero-order valence-corrected chi connectivity index (χ0v) is 16.8. The van der Waals surface area contributed by atoms with Gasteiger partial charge in [0, 0.05) is 22.9 Å². The van der Waals surface area contributed by atoms with E-state index >= 15 is 0 Å². The number of carbonyl (C=O) groups excluding carboxylic acids is 1. The molecule has 1 heterocycles. The lowest BCUT2D eigenvalue weighted by atomic mass is 10.1. The average molecular weight is 395 g/mol. The van der Waals surface area contributed by atoms with Gasteiger partial charge in [0.05, 0.1) is 0 Å². The first-order valence-electron chi connectivity index (χ1n) is 9.28. The van der Waals surface area contributed by atoms with E-state index in [2.05, 4.69) is 33.6 Å². The molecule has 0 aliphatic heterocycles. The third-order valence-corrected chi connectivity index (χ3v) is 4.60. The summed E-state index contributed by atoms with van der Waals surface area (Å²) in [5.41, 5.74) is 4.31. The Morgan fingerprint density at radius 1 is 1.07 bits per heavy atom. The number of aromatic nitrogens is 2. The quantitative estimate of drug-likeness (QED) is 0.608. The van der Waals surface area contributed by atoms with E-state index in [1.54, 1.807) is 6.07 Å². The van der Waals surface area contributed by atoms with Crippen LogP contribution in [-0.4, -0.2) is 22.4 Å². The highest BCUT2D eigenvalue weighted by Gasteiger charge is 2.11. The largest absolute Gasteiger partial charge is 0.350 e. The number of nitrogens with one attached hydrogen (secondary N) is 2. The molecule has 0 fully saturated rings. The summed E-state index contributed by atoms with van der Waals surface area (Å²) >= 11 is 5.89. The number of rotatable bonds is 7. The molecule has 2 N–H and O–H groups in total. The highest BCUT2D eigenvalue weighted by Crippen LogP contribution is 2.19. The van der Waals surface area contributed by atoms with Gasteiger partial charge in [-0.1, -0.05) is 48.9 Å². The number of para-hydroxylation sites is 1. The molecule has 144 valence electrons. The molecule has 3 rings (SSSR count). The first-order chi connectivity index (χ1) is 13.5. The summed E-state index contributed by atoms with van der Waals surface area (Å²) in [6.07, 6.45) is 1.62. The summed E-state index contributed by atoms with van der Waals surface area (Å²) in [6, 6.07) is 17.3. The smallest absolute Gasteiger partial charge is 0.270 e.